The quantitative estimate of drug-likeness (QED) is 0.452. The van der Waals surface area contributed by atoms with E-state index in [1.807, 2.05) is 13.2 Å². The molecule has 0 atom stereocenters. The Hall–Kier alpha value is -0.540. The van der Waals surface area contributed by atoms with Crippen LogP contribution in [0.3, 0.4) is 0 Å². The van der Waals surface area contributed by atoms with E-state index >= 15 is 0 Å². The van der Waals surface area contributed by atoms with E-state index in [1.54, 1.807) is 5.01 Å². The predicted molar refractivity (Wildman–Crippen MR) is 44.3 cm³/mol. The summed E-state index contributed by atoms with van der Waals surface area (Å²) in [5, 5.41) is 1.55. The highest BCUT2D eigenvalue weighted by Crippen LogP contribution is 1.85. The van der Waals surface area contributed by atoms with Gasteiger partial charge in [0.1, 0.15) is 0 Å². The monoisotopic (exact) mass is 143 g/mol. The molecule has 0 aromatic heterocycles. The highest BCUT2D eigenvalue weighted by molar-refractivity contribution is 4.78. The molecule has 3 heteroatoms. The van der Waals surface area contributed by atoms with E-state index in [0.717, 1.165) is 13.0 Å². The van der Waals surface area contributed by atoms with Gasteiger partial charge in [0.25, 0.3) is 0 Å². The molecule has 0 saturated heterocycles. The summed E-state index contributed by atoms with van der Waals surface area (Å²) in [5.74, 6) is 5.34. The lowest BCUT2D eigenvalue weighted by molar-refractivity contribution is 0.414. The molecule has 0 saturated carbocycles. The molecule has 0 heterocycles. The zero-order chi connectivity index (χ0) is 7.98. The largest absolute Gasteiger partial charge is 0.322 e. The Morgan fingerprint density at radius 1 is 1.30 bits per heavy atom. The minimum Gasteiger partial charge on any atom is -0.322 e. The van der Waals surface area contributed by atoms with Gasteiger partial charge in [-0.1, -0.05) is 6.08 Å². The smallest absolute Gasteiger partial charge is 0.0222 e. The molecule has 0 aliphatic heterocycles. The molecule has 0 aliphatic rings. The van der Waals surface area contributed by atoms with Gasteiger partial charge in [0.2, 0.25) is 0 Å². The Balaban J connectivity index is 3.19. The SMILES string of the molecule is CN(N)/C=C\CCN(C)C. The molecule has 0 fully saturated rings. The van der Waals surface area contributed by atoms with E-state index in [2.05, 4.69) is 25.1 Å². The van der Waals surface area contributed by atoms with Crippen molar-refractivity contribution in [2.45, 2.75) is 6.42 Å². The van der Waals surface area contributed by atoms with Crippen molar-refractivity contribution in [2.75, 3.05) is 27.7 Å². The predicted octanol–water partition coefficient (Wildman–Crippen LogP) is 0.257. The van der Waals surface area contributed by atoms with Crippen molar-refractivity contribution < 1.29 is 0 Å². The van der Waals surface area contributed by atoms with E-state index in [-0.39, 0.29) is 0 Å². The lowest BCUT2D eigenvalue weighted by Gasteiger charge is -2.07. The summed E-state index contributed by atoms with van der Waals surface area (Å²) in [6.07, 6.45) is 4.97. The third kappa shape index (κ3) is 7.46. The summed E-state index contributed by atoms with van der Waals surface area (Å²) in [6, 6.07) is 0. The molecule has 0 unspecified atom stereocenters. The number of nitrogens with two attached hydrogens (primary N) is 1. The van der Waals surface area contributed by atoms with Gasteiger partial charge >= 0.3 is 0 Å². The maximum atomic E-state index is 5.34. The Morgan fingerprint density at radius 2 is 1.90 bits per heavy atom. The first kappa shape index (κ1) is 9.46. The number of hydrogen-bond donors (Lipinski definition) is 1. The van der Waals surface area contributed by atoms with E-state index in [0.29, 0.717) is 0 Å². The van der Waals surface area contributed by atoms with Crippen molar-refractivity contribution in [3.63, 3.8) is 0 Å². The van der Waals surface area contributed by atoms with E-state index in [4.69, 9.17) is 5.84 Å². The Morgan fingerprint density at radius 3 is 2.30 bits per heavy atom. The zero-order valence-electron chi connectivity index (χ0n) is 7.04. The summed E-state index contributed by atoms with van der Waals surface area (Å²) in [4.78, 5) is 2.14. The minimum atomic E-state index is 1.05. The zero-order valence-corrected chi connectivity index (χ0v) is 7.04. The topological polar surface area (TPSA) is 32.5 Å². The first-order chi connectivity index (χ1) is 4.63. The maximum Gasteiger partial charge on any atom is 0.0222 e. The summed E-state index contributed by atoms with van der Waals surface area (Å²) < 4.78 is 0. The summed E-state index contributed by atoms with van der Waals surface area (Å²) in [7, 11) is 5.92. The third-order valence-corrected chi connectivity index (χ3v) is 1.08. The van der Waals surface area contributed by atoms with Crippen LogP contribution in [0.1, 0.15) is 6.42 Å². The van der Waals surface area contributed by atoms with E-state index in [9.17, 15) is 0 Å². The first-order valence-electron chi connectivity index (χ1n) is 3.42. The van der Waals surface area contributed by atoms with Crippen molar-refractivity contribution >= 4 is 0 Å². The van der Waals surface area contributed by atoms with Crippen LogP contribution in [0.15, 0.2) is 12.3 Å². The number of hydrazine groups is 1. The molecular formula is C7H17N3. The van der Waals surface area contributed by atoms with Gasteiger partial charge in [-0.25, -0.2) is 5.84 Å². The van der Waals surface area contributed by atoms with Gasteiger partial charge in [0.05, 0.1) is 0 Å². The molecule has 0 amide bonds. The Kier molecular flexibility index (Phi) is 4.98. The number of hydrogen-bond acceptors (Lipinski definition) is 3. The summed E-state index contributed by atoms with van der Waals surface area (Å²) >= 11 is 0. The van der Waals surface area contributed by atoms with E-state index < -0.39 is 0 Å². The Labute approximate surface area is 63.1 Å². The second kappa shape index (κ2) is 5.26. The van der Waals surface area contributed by atoms with Crippen molar-refractivity contribution in [3.05, 3.63) is 12.3 Å². The van der Waals surface area contributed by atoms with Crippen LogP contribution in [0.5, 0.6) is 0 Å². The summed E-state index contributed by atoms with van der Waals surface area (Å²) in [6.45, 7) is 1.07. The molecule has 60 valence electrons. The summed E-state index contributed by atoms with van der Waals surface area (Å²) in [5.41, 5.74) is 0. The fraction of sp³-hybridized carbons (Fsp3) is 0.714. The van der Waals surface area contributed by atoms with Gasteiger partial charge in [0.15, 0.2) is 0 Å². The average molecular weight is 143 g/mol. The van der Waals surface area contributed by atoms with Crippen LogP contribution in [0, 0.1) is 0 Å². The lowest BCUT2D eigenvalue weighted by Crippen LogP contribution is -2.18. The lowest BCUT2D eigenvalue weighted by atomic mass is 10.4. The van der Waals surface area contributed by atoms with Crippen LogP contribution in [0.25, 0.3) is 0 Å². The fourth-order valence-corrected chi connectivity index (χ4v) is 0.574. The van der Waals surface area contributed by atoms with E-state index in [1.165, 1.54) is 0 Å². The van der Waals surface area contributed by atoms with Crippen LogP contribution in [-0.4, -0.2) is 37.6 Å². The average Bonchev–Trinajstić information content (AvgIpc) is 1.79. The molecule has 10 heavy (non-hydrogen) atoms. The molecule has 0 bridgehead atoms. The van der Waals surface area contributed by atoms with Gasteiger partial charge in [-0.05, 0) is 20.5 Å². The second-order valence-electron chi connectivity index (χ2n) is 2.64. The number of nitrogens with zero attached hydrogens (tertiary/aromatic N) is 2. The normalized spacial score (nSPS) is 11.3. The molecule has 0 aliphatic carbocycles. The fourth-order valence-electron chi connectivity index (χ4n) is 0.574. The van der Waals surface area contributed by atoms with Crippen LogP contribution >= 0.6 is 0 Å². The molecular weight excluding hydrogens is 126 g/mol. The van der Waals surface area contributed by atoms with Crippen molar-refractivity contribution in [2.24, 2.45) is 5.84 Å². The molecule has 0 aromatic carbocycles. The molecule has 0 rings (SSSR count). The van der Waals surface area contributed by atoms with Crippen molar-refractivity contribution in [1.82, 2.24) is 9.91 Å². The highest BCUT2D eigenvalue weighted by atomic mass is 15.4. The number of rotatable bonds is 4. The highest BCUT2D eigenvalue weighted by Gasteiger charge is 1.84. The van der Waals surface area contributed by atoms with Crippen LogP contribution in [0.4, 0.5) is 0 Å². The first-order valence-corrected chi connectivity index (χ1v) is 3.42. The minimum absolute atomic E-state index is 1.05. The molecule has 2 N–H and O–H groups in total. The van der Waals surface area contributed by atoms with Gasteiger partial charge < -0.3 is 9.91 Å². The molecule has 0 spiro atoms. The third-order valence-electron chi connectivity index (χ3n) is 1.08. The standard InChI is InChI=1S/C7H17N3/c1-9(2)6-4-5-7-10(3)8/h5,7H,4,6,8H2,1-3H3/b7-5-. The van der Waals surface area contributed by atoms with Gasteiger partial charge in [0, 0.05) is 19.8 Å². The molecule has 0 radical (unpaired) electrons. The van der Waals surface area contributed by atoms with Crippen molar-refractivity contribution in [1.29, 1.82) is 0 Å². The second-order valence-corrected chi connectivity index (χ2v) is 2.64. The van der Waals surface area contributed by atoms with Gasteiger partial charge in [-0.2, -0.15) is 0 Å². The van der Waals surface area contributed by atoms with Gasteiger partial charge in [-0.3, -0.25) is 0 Å². The van der Waals surface area contributed by atoms with Gasteiger partial charge in [-0.15, -0.1) is 0 Å². The molecule has 0 aromatic rings. The maximum absolute atomic E-state index is 5.34. The van der Waals surface area contributed by atoms with Crippen LogP contribution < -0.4 is 5.84 Å². The Bertz CT molecular complexity index is 97.0. The van der Waals surface area contributed by atoms with Crippen LogP contribution in [-0.2, 0) is 0 Å². The van der Waals surface area contributed by atoms with Crippen LogP contribution in [0.2, 0.25) is 0 Å². The molecule has 3 nitrogen and oxygen atoms in total. The van der Waals surface area contributed by atoms with Crippen molar-refractivity contribution in [3.8, 4) is 0 Å².